The number of nitro benzene ring substituents is 1. The minimum absolute atomic E-state index is 0.0402. The Morgan fingerprint density at radius 1 is 1.38 bits per heavy atom. The molecule has 24 heavy (non-hydrogen) atoms. The molecule has 10 heteroatoms. The summed E-state index contributed by atoms with van der Waals surface area (Å²) in [6.07, 6.45) is 0.763. The minimum atomic E-state index is -4.01. The number of sulfonamides is 1. The Hall–Kier alpha value is -1.52. The van der Waals surface area contributed by atoms with Crippen molar-refractivity contribution in [3.05, 3.63) is 33.9 Å². The minimum Gasteiger partial charge on any atom is -0.258 e. The number of sulfone groups is 1. The van der Waals surface area contributed by atoms with E-state index in [9.17, 15) is 26.9 Å². The van der Waals surface area contributed by atoms with E-state index in [2.05, 4.69) is 0 Å². The Morgan fingerprint density at radius 2 is 2.04 bits per heavy atom. The Balaban J connectivity index is 2.46. The van der Waals surface area contributed by atoms with Crippen LogP contribution in [-0.4, -0.2) is 50.2 Å². The van der Waals surface area contributed by atoms with Crippen molar-refractivity contribution < 1.29 is 21.8 Å². The molecule has 1 aliphatic rings. The van der Waals surface area contributed by atoms with Gasteiger partial charge in [-0.1, -0.05) is 13.0 Å². The van der Waals surface area contributed by atoms with Crippen molar-refractivity contribution in [2.24, 2.45) is 0 Å². The highest BCUT2D eigenvalue weighted by molar-refractivity contribution is 7.92. The van der Waals surface area contributed by atoms with Gasteiger partial charge in [-0.3, -0.25) is 10.1 Å². The summed E-state index contributed by atoms with van der Waals surface area (Å²) in [5.74, 6) is -0.248. The fourth-order valence-corrected chi connectivity index (χ4v) is 6.40. The number of hydrogen-bond donors (Lipinski definition) is 0. The topological polar surface area (TPSA) is 115 Å². The molecule has 1 atom stereocenters. The van der Waals surface area contributed by atoms with Gasteiger partial charge in [0.25, 0.3) is 5.69 Å². The van der Waals surface area contributed by atoms with Crippen LogP contribution in [0.5, 0.6) is 0 Å². The molecule has 0 bridgehead atoms. The molecule has 1 fully saturated rings. The highest BCUT2D eigenvalue weighted by Crippen LogP contribution is 2.28. The summed E-state index contributed by atoms with van der Waals surface area (Å²) >= 11 is 0. The highest BCUT2D eigenvalue weighted by atomic mass is 32.2. The van der Waals surface area contributed by atoms with Gasteiger partial charge in [0.15, 0.2) is 9.84 Å². The second-order valence-corrected chi connectivity index (χ2v) is 10.00. The van der Waals surface area contributed by atoms with Crippen molar-refractivity contribution >= 4 is 25.5 Å². The van der Waals surface area contributed by atoms with Gasteiger partial charge in [-0.2, -0.15) is 4.31 Å². The van der Waals surface area contributed by atoms with Crippen LogP contribution in [0.15, 0.2) is 23.1 Å². The molecule has 1 saturated heterocycles. The van der Waals surface area contributed by atoms with Crippen LogP contribution < -0.4 is 0 Å². The zero-order valence-corrected chi connectivity index (χ0v) is 15.1. The van der Waals surface area contributed by atoms with Crippen molar-refractivity contribution in [2.45, 2.75) is 37.6 Å². The molecule has 1 heterocycles. The molecule has 0 aromatic heterocycles. The second-order valence-electron chi connectivity index (χ2n) is 5.88. The molecule has 1 aliphatic heterocycles. The van der Waals surface area contributed by atoms with E-state index in [0.29, 0.717) is 12.0 Å². The average molecular weight is 376 g/mol. The number of nitro groups is 1. The molecule has 1 aromatic carbocycles. The predicted molar refractivity (Wildman–Crippen MR) is 89.1 cm³/mol. The van der Waals surface area contributed by atoms with Gasteiger partial charge in [0.2, 0.25) is 10.0 Å². The van der Waals surface area contributed by atoms with E-state index in [1.807, 2.05) is 0 Å². The summed E-state index contributed by atoms with van der Waals surface area (Å²) in [4.78, 5) is 10.2. The third-order valence-electron chi connectivity index (χ3n) is 4.04. The Kier molecular flexibility index (Phi) is 5.31. The van der Waals surface area contributed by atoms with Gasteiger partial charge in [-0.15, -0.1) is 0 Å². The van der Waals surface area contributed by atoms with Crippen molar-refractivity contribution in [3.8, 4) is 0 Å². The molecule has 0 spiro atoms. The molecule has 8 nitrogen and oxygen atoms in total. The van der Waals surface area contributed by atoms with Crippen molar-refractivity contribution in [2.75, 3.05) is 18.1 Å². The van der Waals surface area contributed by atoms with Gasteiger partial charge in [-0.05, 0) is 25.8 Å². The summed E-state index contributed by atoms with van der Waals surface area (Å²) in [5.41, 5.74) is 0.0935. The van der Waals surface area contributed by atoms with E-state index in [-0.39, 0.29) is 35.1 Å². The number of hydrogen-bond acceptors (Lipinski definition) is 6. The van der Waals surface area contributed by atoms with Gasteiger partial charge in [-0.25, -0.2) is 16.8 Å². The maximum atomic E-state index is 12.9. The lowest BCUT2D eigenvalue weighted by atomic mass is 10.2. The van der Waals surface area contributed by atoms with Gasteiger partial charge < -0.3 is 0 Å². The number of rotatable bonds is 6. The first-order chi connectivity index (χ1) is 11.1. The van der Waals surface area contributed by atoms with E-state index in [0.717, 1.165) is 6.07 Å². The summed E-state index contributed by atoms with van der Waals surface area (Å²) in [6.45, 7) is 3.50. The fourth-order valence-electron chi connectivity index (χ4n) is 2.80. The molecular weight excluding hydrogens is 356 g/mol. The summed E-state index contributed by atoms with van der Waals surface area (Å²) < 4.78 is 50.4. The Labute approximate surface area is 141 Å². The highest BCUT2D eigenvalue weighted by Gasteiger charge is 2.38. The van der Waals surface area contributed by atoms with Crippen molar-refractivity contribution in [1.82, 2.24) is 4.31 Å². The zero-order chi connectivity index (χ0) is 18.1. The summed E-state index contributed by atoms with van der Waals surface area (Å²) in [5, 5.41) is 11.1. The van der Waals surface area contributed by atoms with Gasteiger partial charge in [0, 0.05) is 24.2 Å². The predicted octanol–water partition coefficient (Wildman–Crippen LogP) is 1.49. The average Bonchev–Trinajstić information content (AvgIpc) is 2.84. The Bertz CT molecular complexity index is 848. The molecule has 0 radical (unpaired) electrons. The molecule has 0 aliphatic carbocycles. The quantitative estimate of drug-likeness (QED) is 0.549. The smallest absolute Gasteiger partial charge is 0.258 e. The monoisotopic (exact) mass is 376 g/mol. The lowest BCUT2D eigenvalue weighted by molar-refractivity contribution is -0.385. The van der Waals surface area contributed by atoms with Crippen LogP contribution in [0.3, 0.4) is 0 Å². The van der Waals surface area contributed by atoms with Crippen molar-refractivity contribution in [1.29, 1.82) is 0 Å². The van der Waals surface area contributed by atoms with Crippen LogP contribution in [0.4, 0.5) is 5.69 Å². The first-order valence-corrected chi connectivity index (χ1v) is 10.8. The van der Waals surface area contributed by atoms with Gasteiger partial charge in [0.05, 0.1) is 21.3 Å². The van der Waals surface area contributed by atoms with Crippen LogP contribution in [0.1, 0.15) is 25.3 Å². The molecule has 0 saturated carbocycles. The maximum absolute atomic E-state index is 12.9. The third-order valence-corrected chi connectivity index (χ3v) is 7.74. The summed E-state index contributed by atoms with van der Waals surface area (Å²) in [6, 6.07) is 3.13. The molecule has 0 amide bonds. The first kappa shape index (κ1) is 18.8. The Morgan fingerprint density at radius 3 is 2.54 bits per heavy atom. The van der Waals surface area contributed by atoms with Crippen LogP contribution in [0, 0.1) is 17.0 Å². The normalized spacial score (nSPS) is 20.4. The van der Waals surface area contributed by atoms with E-state index in [1.54, 1.807) is 6.92 Å². The van der Waals surface area contributed by atoms with E-state index >= 15 is 0 Å². The molecule has 134 valence electrons. The fraction of sp³-hybridized carbons (Fsp3) is 0.571. The van der Waals surface area contributed by atoms with Gasteiger partial charge >= 0.3 is 0 Å². The van der Waals surface area contributed by atoms with Crippen LogP contribution in [0.2, 0.25) is 0 Å². The van der Waals surface area contributed by atoms with Crippen molar-refractivity contribution in [3.63, 3.8) is 0 Å². The SMILES string of the molecule is CCCN([C@@H]1CCS(=O)(=O)C1)S(=O)(=O)c1ccc(C)c([N+](=O)[O-])c1. The lowest BCUT2D eigenvalue weighted by Gasteiger charge is -2.27. The molecule has 1 aromatic rings. The van der Waals surface area contributed by atoms with Gasteiger partial charge in [0.1, 0.15) is 0 Å². The standard InChI is InChI=1S/C14H20N2O6S2/c1-3-7-15(12-6-8-23(19,20)10-12)24(21,22)13-5-4-11(2)14(9-13)16(17)18/h4-5,9,12H,3,6-8,10H2,1-2H3/t12-/m1/s1. The molecule has 0 unspecified atom stereocenters. The van der Waals surface area contributed by atoms with Crippen LogP contribution >= 0.6 is 0 Å². The number of aryl methyl sites for hydroxylation is 1. The van der Waals surface area contributed by atoms with E-state index < -0.39 is 30.8 Å². The number of nitrogens with zero attached hydrogens (tertiary/aromatic N) is 2. The maximum Gasteiger partial charge on any atom is 0.273 e. The van der Waals surface area contributed by atoms with Crippen LogP contribution in [0.25, 0.3) is 0 Å². The third kappa shape index (κ3) is 3.76. The molecule has 0 N–H and O–H groups in total. The number of benzene rings is 1. The zero-order valence-electron chi connectivity index (χ0n) is 13.5. The van der Waals surface area contributed by atoms with E-state index in [1.165, 1.54) is 23.4 Å². The first-order valence-electron chi connectivity index (χ1n) is 7.56. The molecule has 2 rings (SSSR count). The second kappa shape index (κ2) is 6.77. The van der Waals surface area contributed by atoms with E-state index in [4.69, 9.17) is 0 Å². The van der Waals surface area contributed by atoms with Crippen LogP contribution in [-0.2, 0) is 19.9 Å². The summed E-state index contributed by atoms with van der Waals surface area (Å²) in [7, 11) is -7.25. The largest absolute Gasteiger partial charge is 0.273 e. The lowest BCUT2D eigenvalue weighted by Crippen LogP contribution is -2.41. The molecular formula is C14H20N2O6S2.